The molecule has 4 nitrogen and oxygen atoms in total. The average molecular weight is 254 g/mol. The number of carbonyl (C=O) groups excluding carboxylic acids is 1. The van der Waals surface area contributed by atoms with Crippen molar-refractivity contribution in [1.82, 2.24) is 10.6 Å². The van der Waals surface area contributed by atoms with Crippen molar-refractivity contribution in [1.29, 1.82) is 0 Å². The lowest BCUT2D eigenvalue weighted by Crippen LogP contribution is -2.54. The van der Waals surface area contributed by atoms with Crippen LogP contribution in [0.25, 0.3) is 0 Å². The summed E-state index contributed by atoms with van der Waals surface area (Å²) in [5, 5.41) is 15.4. The lowest BCUT2D eigenvalue weighted by Gasteiger charge is -2.29. The van der Waals surface area contributed by atoms with Gasteiger partial charge in [-0.1, -0.05) is 13.3 Å². The number of carbonyl (C=O) groups is 1. The minimum absolute atomic E-state index is 0.0190. The molecule has 0 saturated heterocycles. The molecule has 0 radical (unpaired) electrons. The van der Waals surface area contributed by atoms with Gasteiger partial charge in [0.05, 0.1) is 12.1 Å². The molecule has 2 saturated carbocycles. The number of hydrogen-bond acceptors (Lipinski definition) is 2. The quantitative estimate of drug-likeness (QED) is 0.651. The van der Waals surface area contributed by atoms with Crippen LogP contribution < -0.4 is 10.6 Å². The zero-order valence-electron chi connectivity index (χ0n) is 11.6. The van der Waals surface area contributed by atoms with Gasteiger partial charge in [-0.05, 0) is 50.4 Å². The first-order valence-corrected chi connectivity index (χ1v) is 7.20. The maximum atomic E-state index is 11.9. The Kier molecular flexibility index (Phi) is 3.85. The van der Waals surface area contributed by atoms with Gasteiger partial charge < -0.3 is 15.7 Å². The predicted octanol–water partition coefficient (Wildman–Crippen LogP) is 2.03. The fraction of sp³-hybridized carbons (Fsp3) is 0.929. The minimum Gasteiger partial charge on any atom is -0.394 e. The number of aliphatic hydroxyl groups is 1. The number of amides is 2. The Hall–Kier alpha value is -0.770. The van der Waals surface area contributed by atoms with Crippen molar-refractivity contribution in [2.75, 3.05) is 13.2 Å². The van der Waals surface area contributed by atoms with Gasteiger partial charge in [-0.15, -0.1) is 0 Å². The molecule has 4 heteroatoms. The molecule has 0 aromatic rings. The molecule has 104 valence electrons. The Morgan fingerprint density at radius 2 is 2.11 bits per heavy atom. The normalized spacial score (nSPS) is 24.2. The summed E-state index contributed by atoms with van der Waals surface area (Å²) in [6.07, 6.45) is 7.07. The monoisotopic (exact) mass is 254 g/mol. The lowest BCUT2D eigenvalue weighted by molar-refractivity contribution is 0.154. The smallest absolute Gasteiger partial charge is 0.315 e. The molecular formula is C14H26N2O2. The molecule has 1 unspecified atom stereocenters. The average Bonchev–Trinajstić information content (AvgIpc) is 3.21. The van der Waals surface area contributed by atoms with E-state index in [2.05, 4.69) is 17.6 Å². The second-order valence-corrected chi connectivity index (χ2v) is 6.41. The molecule has 0 spiro atoms. The fourth-order valence-electron chi connectivity index (χ4n) is 2.78. The van der Waals surface area contributed by atoms with E-state index in [0.717, 1.165) is 19.4 Å². The van der Waals surface area contributed by atoms with Crippen molar-refractivity contribution < 1.29 is 9.90 Å². The Bertz CT molecular complexity index is 311. The summed E-state index contributed by atoms with van der Waals surface area (Å²) in [5.74, 6) is 0.443. The van der Waals surface area contributed by atoms with E-state index in [9.17, 15) is 9.90 Å². The van der Waals surface area contributed by atoms with Gasteiger partial charge in [0.25, 0.3) is 0 Å². The number of hydrogen-bond donors (Lipinski definition) is 3. The first-order valence-electron chi connectivity index (χ1n) is 7.20. The number of nitrogens with one attached hydrogen (secondary N) is 2. The summed E-state index contributed by atoms with van der Waals surface area (Å²) in [6.45, 7) is 4.92. The minimum atomic E-state index is -0.439. The Labute approximate surface area is 110 Å². The van der Waals surface area contributed by atoms with Crippen LogP contribution in [-0.4, -0.2) is 29.8 Å². The first kappa shape index (κ1) is 13.7. The summed E-state index contributed by atoms with van der Waals surface area (Å²) in [5.41, 5.74) is -0.0627. The Morgan fingerprint density at radius 3 is 2.56 bits per heavy atom. The Balaban J connectivity index is 1.75. The summed E-state index contributed by atoms with van der Waals surface area (Å²) in [6, 6.07) is -0.124. The van der Waals surface area contributed by atoms with Crippen LogP contribution in [0.4, 0.5) is 4.79 Å². The number of aliphatic hydroxyl groups excluding tert-OH is 1. The van der Waals surface area contributed by atoms with E-state index in [4.69, 9.17) is 0 Å². The van der Waals surface area contributed by atoms with Gasteiger partial charge in [-0.2, -0.15) is 0 Å². The van der Waals surface area contributed by atoms with Gasteiger partial charge in [0.1, 0.15) is 0 Å². The highest BCUT2D eigenvalue weighted by molar-refractivity contribution is 5.75. The Morgan fingerprint density at radius 1 is 1.44 bits per heavy atom. The second-order valence-electron chi connectivity index (χ2n) is 6.41. The maximum Gasteiger partial charge on any atom is 0.315 e. The fourth-order valence-corrected chi connectivity index (χ4v) is 2.78. The molecule has 2 aliphatic carbocycles. The third kappa shape index (κ3) is 3.16. The van der Waals surface area contributed by atoms with Crippen LogP contribution in [0.5, 0.6) is 0 Å². The van der Waals surface area contributed by atoms with Gasteiger partial charge in [-0.3, -0.25) is 0 Å². The molecular weight excluding hydrogens is 228 g/mol. The maximum absolute atomic E-state index is 11.9. The molecule has 0 heterocycles. The van der Waals surface area contributed by atoms with E-state index in [1.807, 2.05) is 6.92 Å². The molecule has 0 bridgehead atoms. The van der Waals surface area contributed by atoms with E-state index < -0.39 is 5.54 Å². The summed E-state index contributed by atoms with van der Waals surface area (Å²) in [4.78, 5) is 11.9. The molecule has 0 aromatic carbocycles. The highest BCUT2D eigenvalue weighted by Gasteiger charge is 2.44. The highest BCUT2D eigenvalue weighted by atomic mass is 16.3. The van der Waals surface area contributed by atoms with Crippen LogP contribution in [0.15, 0.2) is 0 Å². The second kappa shape index (κ2) is 5.08. The topological polar surface area (TPSA) is 61.4 Å². The predicted molar refractivity (Wildman–Crippen MR) is 71.3 cm³/mol. The molecule has 2 fully saturated rings. The van der Waals surface area contributed by atoms with Gasteiger partial charge >= 0.3 is 6.03 Å². The van der Waals surface area contributed by atoms with Gasteiger partial charge in [0.15, 0.2) is 0 Å². The van der Waals surface area contributed by atoms with Crippen LogP contribution in [0.1, 0.15) is 52.4 Å². The largest absolute Gasteiger partial charge is 0.394 e. The standard InChI is InChI=1S/C14H26N2O2/c1-3-6-14(7-8-14)9-15-12(18)16-13(2,10-17)11-4-5-11/h11,17H,3-10H2,1-2H3,(H2,15,16,18). The lowest BCUT2D eigenvalue weighted by atomic mass is 9.97. The van der Waals surface area contributed by atoms with Gasteiger partial charge in [-0.25, -0.2) is 4.79 Å². The van der Waals surface area contributed by atoms with Crippen molar-refractivity contribution in [2.45, 2.75) is 57.9 Å². The third-order valence-corrected chi connectivity index (χ3v) is 4.57. The van der Waals surface area contributed by atoms with E-state index in [-0.39, 0.29) is 12.6 Å². The van der Waals surface area contributed by atoms with Crippen molar-refractivity contribution >= 4 is 6.03 Å². The van der Waals surface area contributed by atoms with E-state index in [0.29, 0.717) is 11.3 Å². The SMILES string of the molecule is CCCC1(CNC(=O)NC(C)(CO)C2CC2)CC1. The highest BCUT2D eigenvalue weighted by Crippen LogP contribution is 2.48. The number of rotatable bonds is 7. The molecule has 0 aromatic heterocycles. The van der Waals surface area contributed by atoms with Crippen LogP contribution in [0.2, 0.25) is 0 Å². The van der Waals surface area contributed by atoms with Crippen LogP contribution in [-0.2, 0) is 0 Å². The van der Waals surface area contributed by atoms with Crippen molar-refractivity contribution in [3.8, 4) is 0 Å². The molecule has 2 amide bonds. The van der Waals surface area contributed by atoms with Crippen molar-refractivity contribution in [3.05, 3.63) is 0 Å². The molecule has 2 rings (SSSR count). The molecule has 2 aliphatic rings. The zero-order chi connectivity index (χ0) is 13.2. The summed E-state index contributed by atoms with van der Waals surface area (Å²) < 4.78 is 0. The zero-order valence-corrected chi connectivity index (χ0v) is 11.6. The molecule has 0 aliphatic heterocycles. The third-order valence-electron chi connectivity index (χ3n) is 4.57. The van der Waals surface area contributed by atoms with Crippen LogP contribution in [0.3, 0.4) is 0 Å². The molecule has 1 atom stereocenters. The summed E-state index contributed by atoms with van der Waals surface area (Å²) in [7, 11) is 0. The molecule has 3 N–H and O–H groups in total. The van der Waals surface area contributed by atoms with Gasteiger partial charge in [0, 0.05) is 6.54 Å². The first-order chi connectivity index (χ1) is 8.53. The van der Waals surface area contributed by atoms with Crippen molar-refractivity contribution in [2.24, 2.45) is 11.3 Å². The van der Waals surface area contributed by atoms with Crippen LogP contribution in [0, 0.1) is 11.3 Å². The van der Waals surface area contributed by atoms with Crippen LogP contribution >= 0.6 is 0 Å². The van der Waals surface area contributed by atoms with Gasteiger partial charge in [0.2, 0.25) is 0 Å². The van der Waals surface area contributed by atoms with Crippen molar-refractivity contribution in [3.63, 3.8) is 0 Å². The van der Waals surface area contributed by atoms with E-state index in [1.165, 1.54) is 25.7 Å². The molecule has 18 heavy (non-hydrogen) atoms. The van der Waals surface area contributed by atoms with E-state index in [1.54, 1.807) is 0 Å². The van der Waals surface area contributed by atoms with E-state index >= 15 is 0 Å². The number of urea groups is 1. The summed E-state index contributed by atoms with van der Waals surface area (Å²) >= 11 is 0.